The summed E-state index contributed by atoms with van der Waals surface area (Å²) >= 11 is 3.46. The Labute approximate surface area is 122 Å². The van der Waals surface area contributed by atoms with Crippen molar-refractivity contribution in [2.24, 2.45) is 0 Å². The van der Waals surface area contributed by atoms with Crippen molar-refractivity contribution in [2.45, 2.75) is 0 Å². The number of nitrogens with zero attached hydrogens (tertiary/aromatic N) is 2. The summed E-state index contributed by atoms with van der Waals surface area (Å²) in [5, 5.41) is 3.02. The van der Waals surface area contributed by atoms with E-state index in [1.54, 1.807) is 0 Å². The predicted molar refractivity (Wildman–Crippen MR) is 78.9 cm³/mol. The molecule has 3 aliphatic rings. The van der Waals surface area contributed by atoms with E-state index in [2.05, 4.69) is 26.1 Å². The maximum Gasteiger partial charge on any atom is 0.279 e. The molecule has 0 aliphatic carbocycles. The summed E-state index contributed by atoms with van der Waals surface area (Å²) in [7, 11) is 0. The van der Waals surface area contributed by atoms with Crippen LogP contribution in [0, 0.1) is 0 Å². The minimum Gasteiger partial charge on any atom is -0.320 e. The fourth-order valence-electron chi connectivity index (χ4n) is 3.03. The predicted octanol–water partition coefficient (Wildman–Crippen LogP) is 1.53. The quantitative estimate of drug-likeness (QED) is 0.855. The van der Waals surface area contributed by atoms with Crippen LogP contribution < -0.4 is 5.32 Å². The number of hydrogen-bond donors (Lipinski definition) is 1. The number of carbonyl (C=O) groups is 1. The Balaban J connectivity index is 1.64. The summed E-state index contributed by atoms with van der Waals surface area (Å²) in [4.78, 5) is 14.7. The first-order chi connectivity index (χ1) is 9.17. The summed E-state index contributed by atoms with van der Waals surface area (Å²) in [5.41, 5.74) is 0.862. The van der Waals surface area contributed by atoms with Gasteiger partial charge in [0.15, 0.2) is 6.54 Å². The number of halogens is 1. The number of hydrogen-bond acceptors (Lipinski definition) is 2. The molecule has 3 aliphatic heterocycles. The highest BCUT2D eigenvalue weighted by atomic mass is 79.9. The minimum atomic E-state index is 0.127. The van der Waals surface area contributed by atoms with Crippen molar-refractivity contribution in [3.8, 4) is 0 Å². The summed E-state index contributed by atoms with van der Waals surface area (Å²) in [6, 6.07) is 7.76. The molecule has 1 N–H and O–H groups in total. The first-order valence-electron chi connectivity index (χ1n) is 6.79. The first kappa shape index (κ1) is 13.1. The molecule has 102 valence electrons. The highest BCUT2D eigenvalue weighted by molar-refractivity contribution is 9.10. The maximum atomic E-state index is 12.3. The number of para-hydroxylation sites is 1. The summed E-state index contributed by atoms with van der Waals surface area (Å²) in [6.07, 6.45) is 0. The topological polar surface area (TPSA) is 32.3 Å². The van der Waals surface area contributed by atoms with Crippen molar-refractivity contribution in [3.63, 3.8) is 0 Å². The van der Waals surface area contributed by atoms with Gasteiger partial charge < -0.3 is 9.80 Å². The number of amides is 1. The number of quaternary nitrogens is 1. The molecule has 5 heteroatoms. The fraction of sp³-hybridized carbons (Fsp3) is 0.500. The molecule has 1 aromatic carbocycles. The number of anilines is 1. The van der Waals surface area contributed by atoms with E-state index in [0.29, 0.717) is 6.54 Å². The van der Waals surface area contributed by atoms with Gasteiger partial charge >= 0.3 is 0 Å². The molecular weight excluding hydrogens is 306 g/mol. The smallest absolute Gasteiger partial charge is 0.279 e. The average Bonchev–Trinajstić information content (AvgIpc) is 2.43. The van der Waals surface area contributed by atoms with Crippen LogP contribution in [0.25, 0.3) is 0 Å². The standard InChI is InChI=1S/C14H18BrN3O/c15-12-3-1-2-4-13(12)16-14(19)11-18-8-5-17(6-9-18)7-10-18/h1-4H,5-11H2/p+1. The lowest BCUT2D eigenvalue weighted by molar-refractivity contribution is -0.933. The molecule has 3 heterocycles. The van der Waals surface area contributed by atoms with Crippen molar-refractivity contribution in [1.29, 1.82) is 0 Å². The van der Waals surface area contributed by atoms with Crippen LogP contribution in [0.1, 0.15) is 0 Å². The number of carbonyl (C=O) groups excluding carboxylic acids is 1. The zero-order chi connectivity index (χ0) is 13.3. The van der Waals surface area contributed by atoms with Crippen molar-refractivity contribution >= 4 is 27.5 Å². The molecule has 2 bridgehead atoms. The Kier molecular flexibility index (Phi) is 3.60. The van der Waals surface area contributed by atoms with Gasteiger partial charge in [0.1, 0.15) is 0 Å². The van der Waals surface area contributed by atoms with E-state index in [9.17, 15) is 4.79 Å². The molecule has 0 aromatic heterocycles. The van der Waals surface area contributed by atoms with E-state index in [1.807, 2.05) is 24.3 Å². The van der Waals surface area contributed by atoms with Gasteiger partial charge in [-0.1, -0.05) is 12.1 Å². The Morgan fingerprint density at radius 1 is 1.21 bits per heavy atom. The molecule has 3 saturated heterocycles. The van der Waals surface area contributed by atoms with Crippen LogP contribution in [0.5, 0.6) is 0 Å². The van der Waals surface area contributed by atoms with E-state index < -0.39 is 0 Å². The third kappa shape index (κ3) is 2.83. The fourth-order valence-corrected chi connectivity index (χ4v) is 3.41. The number of rotatable bonds is 3. The van der Waals surface area contributed by atoms with Crippen LogP contribution in [0.2, 0.25) is 0 Å². The molecule has 0 atom stereocenters. The van der Waals surface area contributed by atoms with Crippen LogP contribution in [0.4, 0.5) is 5.69 Å². The molecule has 19 heavy (non-hydrogen) atoms. The number of fused-ring (bicyclic) bond motifs is 3. The zero-order valence-electron chi connectivity index (χ0n) is 10.9. The van der Waals surface area contributed by atoms with Gasteiger partial charge in [0.25, 0.3) is 5.91 Å². The number of benzene rings is 1. The molecule has 1 aromatic rings. The Hall–Kier alpha value is -0.910. The van der Waals surface area contributed by atoms with Crippen molar-refractivity contribution in [3.05, 3.63) is 28.7 Å². The molecule has 0 saturated carbocycles. The maximum absolute atomic E-state index is 12.3. The van der Waals surface area contributed by atoms with Gasteiger partial charge in [-0.05, 0) is 28.1 Å². The third-order valence-corrected chi connectivity index (χ3v) is 4.99. The molecule has 0 radical (unpaired) electrons. The highest BCUT2D eigenvalue weighted by Crippen LogP contribution is 2.23. The van der Waals surface area contributed by atoms with E-state index >= 15 is 0 Å². The normalized spacial score (nSPS) is 29.2. The minimum absolute atomic E-state index is 0.127. The first-order valence-corrected chi connectivity index (χ1v) is 7.58. The molecule has 0 spiro atoms. The Bertz CT molecular complexity index is 470. The lowest BCUT2D eigenvalue weighted by Gasteiger charge is -2.50. The van der Waals surface area contributed by atoms with Crippen LogP contribution in [0.15, 0.2) is 28.7 Å². The van der Waals surface area contributed by atoms with Crippen LogP contribution >= 0.6 is 15.9 Å². The molecule has 3 fully saturated rings. The Morgan fingerprint density at radius 2 is 1.84 bits per heavy atom. The zero-order valence-corrected chi connectivity index (χ0v) is 12.5. The lowest BCUT2D eigenvalue weighted by atomic mass is 10.1. The molecule has 4 rings (SSSR count). The van der Waals surface area contributed by atoms with Gasteiger partial charge in [0, 0.05) is 24.1 Å². The number of nitrogens with one attached hydrogen (secondary N) is 1. The summed E-state index contributed by atoms with van der Waals surface area (Å²) in [5.74, 6) is 0.127. The summed E-state index contributed by atoms with van der Waals surface area (Å²) in [6.45, 7) is 7.37. The largest absolute Gasteiger partial charge is 0.320 e. The second-order valence-electron chi connectivity index (χ2n) is 5.54. The second kappa shape index (κ2) is 5.23. The van der Waals surface area contributed by atoms with Crippen molar-refractivity contribution in [2.75, 3.05) is 51.1 Å². The molecule has 4 nitrogen and oxygen atoms in total. The van der Waals surface area contributed by atoms with E-state index in [1.165, 1.54) is 0 Å². The second-order valence-corrected chi connectivity index (χ2v) is 6.39. The SMILES string of the molecule is O=C(C[N+]12CCN(CC1)CC2)Nc1ccccc1Br. The van der Waals surface area contributed by atoms with Gasteiger partial charge in [-0.25, -0.2) is 0 Å². The molecule has 1 amide bonds. The van der Waals surface area contributed by atoms with Gasteiger partial charge in [0.2, 0.25) is 0 Å². The third-order valence-electron chi connectivity index (χ3n) is 4.30. The monoisotopic (exact) mass is 324 g/mol. The van der Waals surface area contributed by atoms with Crippen LogP contribution in [-0.4, -0.2) is 61.1 Å². The average molecular weight is 325 g/mol. The van der Waals surface area contributed by atoms with Crippen molar-refractivity contribution < 1.29 is 9.28 Å². The van der Waals surface area contributed by atoms with Crippen LogP contribution in [0.3, 0.4) is 0 Å². The van der Waals surface area contributed by atoms with E-state index in [0.717, 1.165) is 53.9 Å². The summed E-state index contributed by atoms with van der Waals surface area (Å²) < 4.78 is 1.90. The van der Waals surface area contributed by atoms with Gasteiger partial charge in [-0.15, -0.1) is 0 Å². The highest BCUT2D eigenvalue weighted by Gasteiger charge is 2.39. The van der Waals surface area contributed by atoms with E-state index in [4.69, 9.17) is 0 Å². The van der Waals surface area contributed by atoms with E-state index in [-0.39, 0.29) is 5.91 Å². The Morgan fingerprint density at radius 3 is 2.47 bits per heavy atom. The van der Waals surface area contributed by atoms with Crippen molar-refractivity contribution in [1.82, 2.24) is 4.90 Å². The van der Waals surface area contributed by atoms with Gasteiger partial charge in [-0.2, -0.15) is 0 Å². The molecule has 0 unspecified atom stereocenters. The van der Waals surface area contributed by atoms with Gasteiger partial charge in [-0.3, -0.25) is 9.69 Å². The lowest BCUT2D eigenvalue weighted by Crippen LogP contribution is -2.68. The number of piperazine rings is 3. The molecular formula is C14H19BrN3O+. The van der Waals surface area contributed by atoms with Gasteiger partial charge in [0.05, 0.1) is 25.3 Å². The van der Waals surface area contributed by atoms with Crippen LogP contribution in [-0.2, 0) is 4.79 Å².